The molecular weight excluding hydrogens is 288 g/mol. The van der Waals surface area contributed by atoms with Gasteiger partial charge in [-0.25, -0.2) is 0 Å². The minimum absolute atomic E-state index is 0.0504. The van der Waals surface area contributed by atoms with Gasteiger partial charge in [-0.2, -0.15) is 5.10 Å². The van der Waals surface area contributed by atoms with Gasteiger partial charge in [0.25, 0.3) is 5.91 Å². The van der Waals surface area contributed by atoms with E-state index in [2.05, 4.69) is 15.3 Å². The molecule has 5 nitrogen and oxygen atoms in total. The molecule has 3 aliphatic rings. The van der Waals surface area contributed by atoms with Gasteiger partial charge in [0.05, 0.1) is 6.54 Å². The van der Waals surface area contributed by atoms with Gasteiger partial charge in [-0.3, -0.25) is 9.48 Å². The molecule has 0 spiro atoms. The first-order valence-corrected chi connectivity index (χ1v) is 8.37. The van der Waals surface area contributed by atoms with E-state index in [4.69, 9.17) is 0 Å². The van der Waals surface area contributed by atoms with Gasteiger partial charge < -0.3 is 10.2 Å². The number of hydrogen-bond donors (Lipinski definition) is 1. The van der Waals surface area contributed by atoms with Crippen LogP contribution in [0.2, 0.25) is 0 Å². The van der Waals surface area contributed by atoms with Crippen molar-refractivity contribution < 1.29 is 4.79 Å². The third-order valence-corrected chi connectivity index (χ3v) is 5.09. The van der Waals surface area contributed by atoms with Crippen molar-refractivity contribution in [3.63, 3.8) is 0 Å². The summed E-state index contributed by atoms with van der Waals surface area (Å²) < 4.78 is 1.88. The SMILES string of the molecule is O=C(NC1CN2CCC1CC2)c1ccc(Cn2cccn2)cc1. The van der Waals surface area contributed by atoms with Gasteiger partial charge in [0.2, 0.25) is 0 Å². The summed E-state index contributed by atoms with van der Waals surface area (Å²) in [6, 6.07) is 10.1. The molecule has 2 aromatic rings. The molecule has 2 bridgehead atoms. The Hall–Kier alpha value is -2.14. The summed E-state index contributed by atoms with van der Waals surface area (Å²) in [6.07, 6.45) is 6.14. The zero-order chi connectivity index (χ0) is 15.6. The predicted octanol–water partition coefficient (Wildman–Crippen LogP) is 1.76. The average Bonchev–Trinajstić information content (AvgIpc) is 3.09. The number of nitrogens with one attached hydrogen (secondary N) is 1. The van der Waals surface area contributed by atoms with Gasteiger partial charge in [0.1, 0.15) is 0 Å². The summed E-state index contributed by atoms with van der Waals surface area (Å²) in [5.41, 5.74) is 1.89. The third kappa shape index (κ3) is 3.15. The summed E-state index contributed by atoms with van der Waals surface area (Å²) in [7, 11) is 0. The molecule has 1 unspecified atom stereocenters. The molecule has 5 rings (SSSR count). The van der Waals surface area contributed by atoms with Crippen LogP contribution < -0.4 is 5.32 Å². The van der Waals surface area contributed by atoms with E-state index < -0.39 is 0 Å². The van der Waals surface area contributed by atoms with Crippen LogP contribution in [0.25, 0.3) is 0 Å². The topological polar surface area (TPSA) is 50.2 Å². The lowest BCUT2D eigenvalue weighted by molar-refractivity contribution is 0.0620. The van der Waals surface area contributed by atoms with Crippen LogP contribution in [-0.2, 0) is 6.54 Å². The molecule has 1 N–H and O–H groups in total. The van der Waals surface area contributed by atoms with Crippen molar-refractivity contribution in [2.45, 2.75) is 25.4 Å². The lowest BCUT2D eigenvalue weighted by Crippen LogP contribution is -2.57. The van der Waals surface area contributed by atoms with E-state index in [-0.39, 0.29) is 5.91 Å². The van der Waals surface area contributed by atoms with E-state index in [0.717, 1.165) is 24.2 Å². The minimum Gasteiger partial charge on any atom is -0.348 e. The van der Waals surface area contributed by atoms with Crippen molar-refractivity contribution >= 4 is 5.91 Å². The zero-order valence-corrected chi connectivity index (χ0v) is 13.2. The van der Waals surface area contributed by atoms with Gasteiger partial charge >= 0.3 is 0 Å². The van der Waals surface area contributed by atoms with Crippen LogP contribution in [0.4, 0.5) is 0 Å². The van der Waals surface area contributed by atoms with Gasteiger partial charge in [0, 0.05) is 30.5 Å². The molecular formula is C18H22N4O. The maximum absolute atomic E-state index is 12.5. The van der Waals surface area contributed by atoms with Crippen LogP contribution in [0.1, 0.15) is 28.8 Å². The zero-order valence-electron chi connectivity index (χ0n) is 13.2. The molecule has 0 saturated carbocycles. The second-order valence-electron chi connectivity index (χ2n) is 6.62. The smallest absolute Gasteiger partial charge is 0.251 e. The van der Waals surface area contributed by atoms with E-state index in [9.17, 15) is 4.79 Å². The molecule has 0 aliphatic carbocycles. The summed E-state index contributed by atoms with van der Waals surface area (Å²) in [5, 5.41) is 7.43. The van der Waals surface area contributed by atoms with Crippen LogP contribution in [0, 0.1) is 5.92 Å². The molecule has 1 aromatic heterocycles. The molecule has 1 aromatic carbocycles. The lowest BCUT2D eigenvalue weighted by Gasteiger charge is -2.44. The highest BCUT2D eigenvalue weighted by Crippen LogP contribution is 2.27. The first-order chi connectivity index (χ1) is 11.3. The number of hydrogen-bond acceptors (Lipinski definition) is 3. The van der Waals surface area contributed by atoms with Crippen molar-refractivity contribution in [2.75, 3.05) is 19.6 Å². The quantitative estimate of drug-likeness (QED) is 0.936. The van der Waals surface area contributed by atoms with Crippen molar-refractivity contribution in [2.24, 2.45) is 5.92 Å². The second kappa shape index (κ2) is 6.16. The van der Waals surface area contributed by atoms with E-state index >= 15 is 0 Å². The normalized spacial score (nSPS) is 26.2. The van der Waals surface area contributed by atoms with Gasteiger partial charge in [-0.05, 0) is 55.6 Å². The Morgan fingerprint density at radius 3 is 2.61 bits per heavy atom. The van der Waals surface area contributed by atoms with Crippen LogP contribution in [-0.4, -0.2) is 46.3 Å². The fraction of sp³-hybridized carbons (Fsp3) is 0.444. The summed E-state index contributed by atoms with van der Waals surface area (Å²) in [5.74, 6) is 0.706. The average molecular weight is 310 g/mol. The highest BCUT2D eigenvalue weighted by atomic mass is 16.1. The number of amides is 1. The van der Waals surface area contributed by atoms with Crippen molar-refractivity contribution in [1.82, 2.24) is 20.0 Å². The molecule has 5 heteroatoms. The summed E-state index contributed by atoms with van der Waals surface area (Å²) in [6.45, 7) is 4.13. The molecule has 1 amide bonds. The van der Waals surface area contributed by atoms with Crippen molar-refractivity contribution in [1.29, 1.82) is 0 Å². The van der Waals surface area contributed by atoms with Gasteiger partial charge in [-0.1, -0.05) is 12.1 Å². The minimum atomic E-state index is 0.0504. The number of fused-ring (bicyclic) bond motifs is 3. The van der Waals surface area contributed by atoms with Crippen LogP contribution in [0.3, 0.4) is 0 Å². The first kappa shape index (κ1) is 14.5. The number of nitrogens with zero attached hydrogens (tertiary/aromatic N) is 3. The highest BCUT2D eigenvalue weighted by Gasteiger charge is 2.34. The maximum Gasteiger partial charge on any atom is 0.251 e. The molecule has 4 heterocycles. The van der Waals surface area contributed by atoms with Crippen molar-refractivity contribution in [3.8, 4) is 0 Å². The number of aromatic nitrogens is 2. The Bertz CT molecular complexity index is 657. The van der Waals surface area contributed by atoms with E-state index in [1.54, 1.807) is 6.20 Å². The van der Waals surface area contributed by atoms with Crippen molar-refractivity contribution in [3.05, 3.63) is 53.9 Å². The largest absolute Gasteiger partial charge is 0.348 e. The molecule has 3 fully saturated rings. The second-order valence-corrected chi connectivity index (χ2v) is 6.62. The molecule has 3 aliphatic heterocycles. The Labute approximate surface area is 136 Å². The molecule has 0 radical (unpaired) electrons. The Kier molecular flexibility index (Phi) is 3.87. The fourth-order valence-corrected chi connectivity index (χ4v) is 3.72. The number of benzene rings is 1. The number of rotatable bonds is 4. The molecule has 23 heavy (non-hydrogen) atoms. The van der Waals surface area contributed by atoms with E-state index in [1.165, 1.54) is 25.9 Å². The van der Waals surface area contributed by atoms with Gasteiger partial charge in [-0.15, -0.1) is 0 Å². The summed E-state index contributed by atoms with van der Waals surface area (Å²) >= 11 is 0. The van der Waals surface area contributed by atoms with E-state index in [0.29, 0.717) is 12.0 Å². The Morgan fingerprint density at radius 1 is 1.22 bits per heavy atom. The van der Waals surface area contributed by atoms with Crippen LogP contribution in [0.15, 0.2) is 42.7 Å². The molecule has 120 valence electrons. The van der Waals surface area contributed by atoms with Crippen LogP contribution >= 0.6 is 0 Å². The van der Waals surface area contributed by atoms with Gasteiger partial charge in [0.15, 0.2) is 0 Å². The standard InChI is InChI=1S/C18H22N4O/c23-18(20-17-13-21-10-6-15(17)7-11-21)16-4-2-14(3-5-16)12-22-9-1-8-19-22/h1-5,8-9,15,17H,6-7,10-13H2,(H,20,23). The van der Waals surface area contributed by atoms with Crippen LogP contribution in [0.5, 0.6) is 0 Å². The van der Waals surface area contributed by atoms with E-state index in [1.807, 2.05) is 41.2 Å². The number of piperidine rings is 3. The monoisotopic (exact) mass is 310 g/mol. The summed E-state index contributed by atoms with van der Waals surface area (Å²) in [4.78, 5) is 14.9. The predicted molar refractivity (Wildman–Crippen MR) is 88.2 cm³/mol. The maximum atomic E-state index is 12.5. The lowest BCUT2D eigenvalue weighted by atomic mass is 9.84. The highest BCUT2D eigenvalue weighted by molar-refractivity contribution is 5.94. The fourth-order valence-electron chi connectivity index (χ4n) is 3.72. The first-order valence-electron chi connectivity index (χ1n) is 8.37. The molecule has 3 saturated heterocycles. The number of carbonyl (C=O) groups is 1. The third-order valence-electron chi connectivity index (χ3n) is 5.09. The molecule has 1 atom stereocenters. The number of carbonyl (C=O) groups excluding carboxylic acids is 1. The Balaban J connectivity index is 1.38. The Morgan fingerprint density at radius 2 is 2.00 bits per heavy atom.